The molecule has 11 heteroatoms. The fourth-order valence-corrected chi connectivity index (χ4v) is 3.85. The molecule has 0 amide bonds. The van der Waals surface area contributed by atoms with E-state index in [4.69, 9.17) is 4.74 Å². The third-order valence-electron chi connectivity index (χ3n) is 4.66. The standard InChI is InChI=1S/C22H25F6NO3S/c1-20(2,3)33(30)29-21(4,14-6-7-17(24)18(10-14)31-5)12-13-8-15(23)11-16(9-13)32-22(27,28)19(25)26/h6-11,19,29H,12H2,1-5H3/t21?,33-/m1/s1. The molecule has 0 aliphatic heterocycles. The van der Waals surface area contributed by atoms with Crippen molar-refractivity contribution < 1.29 is 40.0 Å². The first-order chi connectivity index (χ1) is 15.1. The highest BCUT2D eigenvalue weighted by molar-refractivity contribution is 7.84. The highest BCUT2D eigenvalue weighted by Gasteiger charge is 2.44. The summed E-state index contributed by atoms with van der Waals surface area (Å²) in [5.74, 6) is -2.53. The van der Waals surface area contributed by atoms with Crippen molar-refractivity contribution in [2.45, 2.75) is 56.9 Å². The molecule has 33 heavy (non-hydrogen) atoms. The first-order valence-electron chi connectivity index (χ1n) is 9.75. The van der Waals surface area contributed by atoms with Crippen LogP contribution in [0.25, 0.3) is 0 Å². The maximum atomic E-state index is 14.1. The molecule has 0 radical (unpaired) electrons. The van der Waals surface area contributed by atoms with Crippen molar-refractivity contribution in [2.24, 2.45) is 0 Å². The number of hydrogen-bond acceptors (Lipinski definition) is 3. The van der Waals surface area contributed by atoms with E-state index in [1.807, 2.05) is 0 Å². The molecule has 2 aromatic rings. The van der Waals surface area contributed by atoms with Gasteiger partial charge in [0.15, 0.2) is 11.6 Å². The third-order valence-corrected chi connectivity index (χ3v) is 6.41. The van der Waals surface area contributed by atoms with Gasteiger partial charge in [-0.05, 0) is 69.5 Å². The van der Waals surface area contributed by atoms with Crippen LogP contribution in [0.5, 0.6) is 11.5 Å². The lowest BCUT2D eigenvalue weighted by Crippen LogP contribution is -2.47. The lowest BCUT2D eigenvalue weighted by Gasteiger charge is -2.34. The van der Waals surface area contributed by atoms with E-state index in [0.29, 0.717) is 11.6 Å². The summed E-state index contributed by atoms with van der Waals surface area (Å²) < 4.78 is 104. The summed E-state index contributed by atoms with van der Waals surface area (Å²) >= 11 is 0. The molecule has 2 atom stereocenters. The molecule has 0 heterocycles. The van der Waals surface area contributed by atoms with E-state index in [1.165, 1.54) is 19.2 Å². The smallest absolute Gasteiger partial charge is 0.461 e. The van der Waals surface area contributed by atoms with E-state index in [-0.39, 0.29) is 17.7 Å². The second-order valence-corrected chi connectivity index (χ2v) is 10.6. The van der Waals surface area contributed by atoms with Crippen molar-refractivity contribution >= 4 is 11.0 Å². The van der Waals surface area contributed by atoms with Gasteiger partial charge in [0.2, 0.25) is 0 Å². The number of methoxy groups -OCH3 is 1. The van der Waals surface area contributed by atoms with Gasteiger partial charge in [0, 0.05) is 6.07 Å². The molecule has 0 spiro atoms. The van der Waals surface area contributed by atoms with Crippen molar-refractivity contribution in [2.75, 3.05) is 7.11 Å². The summed E-state index contributed by atoms with van der Waals surface area (Å²) in [6.45, 7) is 6.73. The highest BCUT2D eigenvalue weighted by Crippen LogP contribution is 2.34. The van der Waals surface area contributed by atoms with Gasteiger partial charge in [-0.15, -0.1) is 0 Å². The number of nitrogens with one attached hydrogen (secondary N) is 1. The first-order valence-corrected chi connectivity index (χ1v) is 10.9. The lowest BCUT2D eigenvalue weighted by molar-refractivity contribution is -0.253. The molecular formula is C22H25F6NO3S. The number of ether oxygens (including phenoxy) is 2. The van der Waals surface area contributed by atoms with Gasteiger partial charge < -0.3 is 9.47 Å². The Hall–Kier alpha value is -2.27. The lowest BCUT2D eigenvalue weighted by atomic mass is 9.86. The maximum Gasteiger partial charge on any atom is 0.461 e. The molecule has 2 rings (SSSR count). The van der Waals surface area contributed by atoms with E-state index < -0.39 is 51.2 Å². The van der Waals surface area contributed by atoms with Crippen LogP contribution in [0.1, 0.15) is 38.8 Å². The molecule has 1 N–H and O–H groups in total. The number of benzene rings is 2. The maximum absolute atomic E-state index is 14.1. The van der Waals surface area contributed by atoms with Gasteiger partial charge in [-0.25, -0.2) is 17.7 Å². The topological polar surface area (TPSA) is 47.6 Å². The van der Waals surface area contributed by atoms with E-state index in [0.717, 1.165) is 18.2 Å². The Morgan fingerprint density at radius 3 is 2.21 bits per heavy atom. The normalized spacial score (nSPS) is 15.3. The van der Waals surface area contributed by atoms with Crippen LogP contribution in [0, 0.1) is 11.6 Å². The van der Waals surface area contributed by atoms with Gasteiger partial charge in [0.05, 0.1) is 28.4 Å². The predicted molar refractivity (Wildman–Crippen MR) is 113 cm³/mol. The average Bonchev–Trinajstić information content (AvgIpc) is 2.66. The molecule has 0 bridgehead atoms. The van der Waals surface area contributed by atoms with Gasteiger partial charge in [0.1, 0.15) is 11.6 Å². The third kappa shape index (κ3) is 6.86. The van der Waals surface area contributed by atoms with Crippen LogP contribution in [0.4, 0.5) is 26.3 Å². The molecule has 0 saturated heterocycles. The number of rotatable bonds is 9. The molecule has 184 valence electrons. The summed E-state index contributed by atoms with van der Waals surface area (Å²) in [4.78, 5) is 0. The van der Waals surface area contributed by atoms with Crippen molar-refractivity contribution in [1.29, 1.82) is 0 Å². The molecular weight excluding hydrogens is 472 g/mol. The first kappa shape index (κ1) is 27.0. The van der Waals surface area contributed by atoms with Crippen LogP contribution in [-0.4, -0.2) is 28.6 Å². The van der Waals surface area contributed by atoms with Gasteiger partial charge in [-0.3, -0.25) is 0 Å². The van der Waals surface area contributed by atoms with Crippen LogP contribution in [0.2, 0.25) is 0 Å². The van der Waals surface area contributed by atoms with Crippen LogP contribution in [-0.2, 0) is 22.9 Å². The second-order valence-electron chi connectivity index (χ2n) is 8.60. The Morgan fingerprint density at radius 1 is 1.03 bits per heavy atom. The molecule has 0 aliphatic rings. The Labute approximate surface area is 190 Å². The van der Waals surface area contributed by atoms with Crippen molar-refractivity contribution in [3.63, 3.8) is 0 Å². The monoisotopic (exact) mass is 497 g/mol. The zero-order valence-corrected chi connectivity index (χ0v) is 19.5. The van der Waals surface area contributed by atoms with E-state index in [2.05, 4.69) is 9.46 Å². The summed E-state index contributed by atoms with van der Waals surface area (Å²) in [5.41, 5.74) is -0.752. The molecule has 0 saturated carbocycles. The zero-order chi connectivity index (χ0) is 25.2. The molecule has 2 aromatic carbocycles. The summed E-state index contributed by atoms with van der Waals surface area (Å²) in [7, 11) is -0.393. The molecule has 0 aromatic heterocycles. The minimum absolute atomic E-state index is 0.0827. The fraction of sp³-hybridized carbons (Fsp3) is 0.455. The van der Waals surface area contributed by atoms with Crippen LogP contribution in [0.3, 0.4) is 0 Å². The van der Waals surface area contributed by atoms with Gasteiger partial charge in [-0.2, -0.15) is 17.6 Å². The number of hydrogen-bond donors (Lipinski definition) is 1. The SMILES string of the molecule is COc1cc(C(C)(Cc2cc(F)cc(OC(F)(F)C(F)F)c2)N[S@](=O)C(C)(C)C)ccc1F. The minimum Gasteiger partial charge on any atom is -0.494 e. The Kier molecular flexibility index (Phi) is 8.11. The van der Waals surface area contributed by atoms with Crippen molar-refractivity contribution in [3.05, 3.63) is 59.2 Å². The van der Waals surface area contributed by atoms with Gasteiger partial charge in [0.25, 0.3) is 0 Å². The van der Waals surface area contributed by atoms with Crippen molar-refractivity contribution in [3.8, 4) is 11.5 Å². The van der Waals surface area contributed by atoms with Crippen LogP contribution >= 0.6 is 0 Å². The van der Waals surface area contributed by atoms with Crippen molar-refractivity contribution in [1.82, 2.24) is 4.72 Å². The van der Waals surface area contributed by atoms with Gasteiger partial charge in [-0.1, -0.05) is 6.07 Å². The second kappa shape index (κ2) is 9.92. The molecule has 0 aliphatic carbocycles. The largest absolute Gasteiger partial charge is 0.494 e. The van der Waals surface area contributed by atoms with E-state index in [1.54, 1.807) is 27.7 Å². The quantitative estimate of drug-likeness (QED) is 0.451. The highest BCUT2D eigenvalue weighted by atomic mass is 32.2. The van der Waals surface area contributed by atoms with Crippen LogP contribution < -0.4 is 14.2 Å². The number of alkyl halides is 4. The zero-order valence-electron chi connectivity index (χ0n) is 18.6. The molecule has 1 unspecified atom stereocenters. The molecule has 0 fully saturated rings. The summed E-state index contributed by atoms with van der Waals surface area (Å²) in [6, 6.07) is 6.46. The van der Waals surface area contributed by atoms with E-state index in [9.17, 15) is 30.6 Å². The minimum atomic E-state index is -4.81. The summed E-state index contributed by atoms with van der Waals surface area (Å²) in [6.07, 6.45) is -9.07. The summed E-state index contributed by atoms with van der Waals surface area (Å²) in [5, 5.41) is 0. The molecule has 4 nitrogen and oxygen atoms in total. The Balaban J connectivity index is 2.52. The predicted octanol–water partition coefficient (Wildman–Crippen LogP) is 5.72. The fourth-order valence-electron chi connectivity index (χ4n) is 2.95. The van der Waals surface area contributed by atoms with E-state index >= 15 is 0 Å². The van der Waals surface area contributed by atoms with Gasteiger partial charge >= 0.3 is 12.5 Å². The number of halogens is 6. The van der Waals surface area contributed by atoms with Crippen LogP contribution in [0.15, 0.2) is 36.4 Å². The Bertz CT molecular complexity index is 1010. The Morgan fingerprint density at radius 2 is 1.67 bits per heavy atom. The average molecular weight is 498 g/mol.